The van der Waals surface area contributed by atoms with Crippen LogP contribution in [0.25, 0.3) is 0 Å². The summed E-state index contributed by atoms with van der Waals surface area (Å²) in [5, 5.41) is 18.7. The molecule has 1 fully saturated rings. The van der Waals surface area contributed by atoms with Gasteiger partial charge in [-0.25, -0.2) is 0 Å². The molecule has 6 nitrogen and oxygen atoms in total. The second kappa shape index (κ2) is 6.58. The molecule has 0 bridgehead atoms. The van der Waals surface area contributed by atoms with Crippen molar-refractivity contribution in [3.8, 4) is 11.5 Å². The number of rotatable bonds is 5. The van der Waals surface area contributed by atoms with E-state index in [1.54, 1.807) is 25.3 Å². The fourth-order valence-corrected chi connectivity index (χ4v) is 2.30. The first kappa shape index (κ1) is 14.6. The highest BCUT2D eigenvalue weighted by Crippen LogP contribution is 2.25. The normalized spacial score (nSPS) is 19.8. The first-order chi connectivity index (χ1) is 9.58. The number of carboxylic acids is 1. The number of hydrogen-bond acceptors (Lipinski definition) is 5. The molecule has 2 N–H and O–H groups in total. The van der Waals surface area contributed by atoms with Gasteiger partial charge in [-0.05, 0) is 18.2 Å². The zero-order valence-corrected chi connectivity index (χ0v) is 11.4. The van der Waals surface area contributed by atoms with E-state index < -0.39 is 5.97 Å². The van der Waals surface area contributed by atoms with Crippen LogP contribution in [0.1, 0.15) is 12.0 Å². The highest BCUT2D eigenvalue weighted by atomic mass is 16.5. The van der Waals surface area contributed by atoms with Crippen molar-refractivity contribution in [2.45, 2.75) is 19.1 Å². The molecule has 1 aliphatic rings. The number of carbonyl (C=O) groups is 1. The molecule has 1 unspecified atom stereocenters. The van der Waals surface area contributed by atoms with E-state index in [4.69, 9.17) is 14.6 Å². The van der Waals surface area contributed by atoms with Crippen molar-refractivity contribution < 1.29 is 24.5 Å². The van der Waals surface area contributed by atoms with E-state index in [0.29, 0.717) is 32.0 Å². The molecule has 2 rings (SSSR count). The summed E-state index contributed by atoms with van der Waals surface area (Å²) < 4.78 is 10.6. The minimum Gasteiger partial charge on any atom is -0.508 e. The Labute approximate surface area is 117 Å². The predicted octanol–water partition coefficient (Wildman–Crippen LogP) is 1.08. The number of aromatic hydroxyl groups is 1. The minimum atomic E-state index is -0.860. The average Bonchev–Trinajstić information content (AvgIpc) is 2.41. The van der Waals surface area contributed by atoms with Gasteiger partial charge in [0.1, 0.15) is 11.5 Å². The topological polar surface area (TPSA) is 79.2 Å². The lowest BCUT2D eigenvalue weighted by molar-refractivity contribution is -0.142. The Morgan fingerprint density at radius 1 is 1.55 bits per heavy atom. The van der Waals surface area contributed by atoms with Crippen molar-refractivity contribution >= 4 is 5.97 Å². The summed E-state index contributed by atoms with van der Waals surface area (Å²) >= 11 is 0. The zero-order valence-electron chi connectivity index (χ0n) is 11.4. The van der Waals surface area contributed by atoms with Gasteiger partial charge in [0.25, 0.3) is 0 Å². The van der Waals surface area contributed by atoms with Gasteiger partial charge in [-0.15, -0.1) is 0 Å². The molecule has 0 aliphatic carbocycles. The van der Waals surface area contributed by atoms with Gasteiger partial charge in [-0.3, -0.25) is 9.69 Å². The Kier molecular flexibility index (Phi) is 4.81. The van der Waals surface area contributed by atoms with Gasteiger partial charge >= 0.3 is 5.97 Å². The van der Waals surface area contributed by atoms with E-state index in [1.807, 2.05) is 0 Å². The van der Waals surface area contributed by atoms with E-state index in [2.05, 4.69) is 4.90 Å². The zero-order chi connectivity index (χ0) is 14.5. The number of carboxylic acid groups (broad SMARTS) is 1. The highest BCUT2D eigenvalue weighted by molar-refractivity contribution is 5.67. The fraction of sp³-hybridized carbons (Fsp3) is 0.500. The summed E-state index contributed by atoms with van der Waals surface area (Å²) in [6, 6.07) is 5.09. The molecule has 0 radical (unpaired) electrons. The van der Waals surface area contributed by atoms with Crippen LogP contribution in [-0.2, 0) is 16.1 Å². The van der Waals surface area contributed by atoms with Crippen LogP contribution in [0, 0.1) is 0 Å². The second-order valence-corrected chi connectivity index (χ2v) is 4.82. The Morgan fingerprint density at radius 3 is 3.05 bits per heavy atom. The van der Waals surface area contributed by atoms with Crippen LogP contribution in [0.15, 0.2) is 18.2 Å². The predicted molar refractivity (Wildman–Crippen MR) is 71.9 cm³/mol. The van der Waals surface area contributed by atoms with Gasteiger partial charge in [0.15, 0.2) is 0 Å². The number of morpholine rings is 1. The van der Waals surface area contributed by atoms with E-state index in [0.717, 1.165) is 5.56 Å². The number of phenols is 1. The Bertz CT molecular complexity index is 477. The van der Waals surface area contributed by atoms with Crippen LogP contribution in [0.5, 0.6) is 11.5 Å². The van der Waals surface area contributed by atoms with Crippen molar-refractivity contribution in [1.29, 1.82) is 0 Å². The summed E-state index contributed by atoms with van der Waals surface area (Å²) in [4.78, 5) is 12.8. The SMILES string of the molecule is COc1ccc(O)c(CN2CCOC(CC(=O)O)C2)c1. The number of phenolic OH excluding ortho intramolecular Hbond substituents is 1. The fourth-order valence-electron chi connectivity index (χ4n) is 2.30. The molecule has 0 aromatic heterocycles. The number of ether oxygens (including phenoxy) is 2. The smallest absolute Gasteiger partial charge is 0.306 e. The summed E-state index contributed by atoms with van der Waals surface area (Å²) in [6.45, 7) is 2.31. The summed E-state index contributed by atoms with van der Waals surface area (Å²) in [5.74, 6) is 0.0429. The molecule has 0 spiro atoms. The van der Waals surface area contributed by atoms with Gasteiger partial charge < -0.3 is 19.7 Å². The summed E-state index contributed by atoms with van der Waals surface area (Å²) in [7, 11) is 1.58. The minimum absolute atomic E-state index is 0.000588. The molecule has 1 atom stereocenters. The van der Waals surface area contributed by atoms with E-state index >= 15 is 0 Å². The van der Waals surface area contributed by atoms with E-state index in [9.17, 15) is 9.90 Å². The Morgan fingerprint density at radius 2 is 2.35 bits per heavy atom. The third-order valence-electron chi connectivity index (χ3n) is 3.31. The molecule has 110 valence electrons. The lowest BCUT2D eigenvalue weighted by Crippen LogP contribution is -2.42. The maximum absolute atomic E-state index is 10.7. The number of nitrogens with zero attached hydrogens (tertiary/aromatic N) is 1. The number of methoxy groups -OCH3 is 1. The Balaban J connectivity index is 2.00. The molecule has 1 aromatic carbocycles. The second-order valence-electron chi connectivity index (χ2n) is 4.82. The van der Waals surface area contributed by atoms with Crippen molar-refractivity contribution in [2.75, 3.05) is 26.8 Å². The van der Waals surface area contributed by atoms with Gasteiger partial charge in [-0.1, -0.05) is 0 Å². The van der Waals surface area contributed by atoms with Gasteiger partial charge in [0.2, 0.25) is 0 Å². The van der Waals surface area contributed by atoms with Crippen LogP contribution < -0.4 is 4.74 Å². The van der Waals surface area contributed by atoms with Gasteiger partial charge in [0, 0.05) is 25.2 Å². The lowest BCUT2D eigenvalue weighted by atomic mass is 10.1. The molecule has 6 heteroatoms. The largest absolute Gasteiger partial charge is 0.508 e. The first-order valence-electron chi connectivity index (χ1n) is 6.50. The average molecular weight is 281 g/mol. The highest BCUT2D eigenvalue weighted by Gasteiger charge is 2.23. The number of aliphatic carboxylic acids is 1. The van der Waals surface area contributed by atoms with Crippen LogP contribution in [0.2, 0.25) is 0 Å². The number of benzene rings is 1. The molecule has 1 aromatic rings. The van der Waals surface area contributed by atoms with Crippen LogP contribution in [0.3, 0.4) is 0 Å². The molecule has 20 heavy (non-hydrogen) atoms. The standard InChI is InChI=1S/C14H19NO5/c1-19-11-2-3-13(16)10(6-11)8-15-4-5-20-12(9-15)7-14(17)18/h2-3,6,12,16H,4-5,7-9H2,1H3,(H,17,18). The maximum atomic E-state index is 10.7. The molecular weight excluding hydrogens is 262 g/mol. The van der Waals surface area contributed by atoms with Crippen LogP contribution in [0.4, 0.5) is 0 Å². The molecule has 0 amide bonds. The van der Waals surface area contributed by atoms with Crippen molar-refractivity contribution in [3.05, 3.63) is 23.8 Å². The Hall–Kier alpha value is -1.79. The van der Waals surface area contributed by atoms with Gasteiger partial charge in [0.05, 0.1) is 26.2 Å². The van der Waals surface area contributed by atoms with Crippen LogP contribution >= 0.6 is 0 Å². The summed E-state index contributed by atoms with van der Waals surface area (Å²) in [5.41, 5.74) is 0.764. The molecule has 1 heterocycles. The van der Waals surface area contributed by atoms with Crippen molar-refractivity contribution in [2.24, 2.45) is 0 Å². The molecule has 0 saturated carbocycles. The third kappa shape index (κ3) is 3.85. The van der Waals surface area contributed by atoms with E-state index in [-0.39, 0.29) is 18.3 Å². The molecular formula is C14H19NO5. The monoisotopic (exact) mass is 281 g/mol. The van der Waals surface area contributed by atoms with Gasteiger partial charge in [-0.2, -0.15) is 0 Å². The molecule has 1 aliphatic heterocycles. The summed E-state index contributed by atoms with van der Waals surface area (Å²) in [6.07, 6.45) is -0.297. The number of hydrogen-bond donors (Lipinski definition) is 2. The first-order valence-corrected chi connectivity index (χ1v) is 6.50. The van der Waals surface area contributed by atoms with E-state index in [1.165, 1.54) is 0 Å². The molecule has 1 saturated heterocycles. The lowest BCUT2D eigenvalue weighted by Gasteiger charge is -2.32. The quantitative estimate of drug-likeness (QED) is 0.840. The maximum Gasteiger partial charge on any atom is 0.306 e. The third-order valence-corrected chi connectivity index (χ3v) is 3.31. The van der Waals surface area contributed by atoms with Crippen molar-refractivity contribution in [3.63, 3.8) is 0 Å². The van der Waals surface area contributed by atoms with Crippen LogP contribution in [-0.4, -0.2) is 54.0 Å². The van der Waals surface area contributed by atoms with Crippen molar-refractivity contribution in [1.82, 2.24) is 4.90 Å².